The second-order valence-corrected chi connectivity index (χ2v) is 4.72. The van der Waals surface area contributed by atoms with Crippen LogP contribution in [0.4, 0.5) is 5.69 Å². The van der Waals surface area contributed by atoms with Gasteiger partial charge in [-0.2, -0.15) is 0 Å². The monoisotopic (exact) mass is 317 g/mol. The van der Waals surface area contributed by atoms with Crippen LogP contribution < -0.4 is 5.43 Å². The first-order chi connectivity index (χ1) is 10.6. The number of hydrogen-bond donors (Lipinski definition) is 2. The molecule has 0 spiro atoms. The Balaban J connectivity index is 2.28. The molecule has 0 radical (unpaired) electrons. The van der Waals surface area contributed by atoms with Gasteiger partial charge in [0.25, 0.3) is 0 Å². The molecule has 6 nitrogen and oxygen atoms in total. The van der Waals surface area contributed by atoms with Crippen molar-refractivity contribution in [3.63, 3.8) is 0 Å². The molecule has 2 aromatic rings. The third kappa shape index (κ3) is 4.13. The number of halogens is 1. The lowest BCUT2D eigenvalue weighted by Crippen LogP contribution is -2.16. The number of nitrogens with zero attached hydrogens (tertiary/aromatic N) is 2. The Morgan fingerprint density at radius 3 is 2.55 bits per heavy atom. The summed E-state index contributed by atoms with van der Waals surface area (Å²) in [4.78, 5) is 22.9. The molecule has 2 aromatic carbocycles. The second-order valence-electron chi connectivity index (χ2n) is 4.29. The number of rotatable bonds is 6. The molecule has 0 aromatic heterocycles. The number of ketones is 1. The lowest BCUT2D eigenvalue weighted by atomic mass is 10.0. The minimum absolute atomic E-state index is 0.240. The van der Waals surface area contributed by atoms with E-state index in [0.29, 0.717) is 21.8 Å². The molecule has 0 amide bonds. The largest absolute Gasteiger partial charge is 0.480 e. The van der Waals surface area contributed by atoms with Crippen molar-refractivity contribution in [1.82, 2.24) is 5.43 Å². The van der Waals surface area contributed by atoms with Crippen molar-refractivity contribution < 1.29 is 14.7 Å². The van der Waals surface area contributed by atoms with Crippen molar-refractivity contribution in [2.24, 2.45) is 10.3 Å². The average Bonchev–Trinajstić information content (AvgIpc) is 2.52. The minimum atomic E-state index is -1.06. The van der Waals surface area contributed by atoms with Gasteiger partial charge in [-0.15, -0.1) is 5.11 Å². The molecule has 0 aliphatic carbocycles. The second kappa shape index (κ2) is 7.33. The highest BCUT2D eigenvalue weighted by atomic mass is 35.5. The number of carboxylic acid groups (broad SMARTS) is 1. The fourth-order valence-corrected chi connectivity index (χ4v) is 1.89. The van der Waals surface area contributed by atoms with Gasteiger partial charge in [0.05, 0.1) is 11.3 Å². The summed E-state index contributed by atoms with van der Waals surface area (Å²) in [7, 11) is 0. The molecule has 2 N–H and O–H groups in total. The number of hydrogen-bond acceptors (Lipinski definition) is 4. The molecule has 2 rings (SSSR count). The van der Waals surface area contributed by atoms with Gasteiger partial charge in [0.1, 0.15) is 6.54 Å². The van der Waals surface area contributed by atoms with E-state index in [9.17, 15) is 9.59 Å². The van der Waals surface area contributed by atoms with Gasteiger partial charge in [-0.05, 0) is 18.2 Å². The van der Waals surface area contributed by atoms with Crippen LogP contribution in [0.25, 0.3) is 0 Å². The summed E-state index contributed by atoms with van der Waals surface area (Å²) in [6.45, 7) is -0.362. The maximum absolute atomic E-state index is 12.5. The van der Waals surface area contributed by atoms with Crippen LogP contribution >= 0.6 is 11.6 Å². The first-order valence-electron chi connectivity index (χ1n) is 6.32. The van der Waals surface area contributed by atoms with E-state index in [0.717, 1.165) is 0 Å². The van der Waals surface area contributed by atoms with Crippen LogP contribution in [0.3, 0.4) is 0 Å². The normalized spacial score (nSPS) is 10.6. The zero-order chi connectivity index (χ0) is 15.9. The van der Waals surface area contributed by atoms with Crippen molar-refractivity contribution in [3.8, 4) is 0 Å². The molecule has 0 heterocycles. The number of aliphatic carboxylic acids is 1. The first-order valence-corrected chi connectivity index (χ1v) is 6.70. The molecule has 0 aliphatic rings. The number of benzene rings is 2. The van der Waals surface area contributed by atoms with Gasteiger partial charge >= 0.3 is 5.97 Å². The zero-order valence-electron chi connectivity index (χ0n) is 11.4. The quantitative estimate of drug-likeness (QED) is 0.486. The summed E-state index contributed by atoms with van der Waals surface area (Å²) in [6, 6.07) is 13.3. The standard InChI is InChI=1S/C15H12ClN3O3/c16-11-6-7-13(18-19-17-9-14(20)21)12(8-11)15(22)10-4-2-1-3-5-10/h1-8H,9H2,(H,17,18)(H,20,21). The lowest BCUT2D eigenvalue weighted by molar-refractivity contribution is -0.135. The third-order valence-corrected chi connectivity index (χ3v) is 2.93. The van der Waals surface area contributed by atoms with Gasteiger partial charge in [0.2, 0.25) is 0 Å². The molecule has 0 unspecified atom stereocenters. The third-order valence-electron chi connectivity index (χ3n) is 2.70. The SMILES string of the molecule is O=C(O)CNN=Nc1ccc(Cl)cc1C(=O)c1ccccc1. The average molecular weight is 318 g/mol. The van der Waals surface area contributed by atoms with E-state index in [-0.39, 0.29) is 12.3 Å². The molecule has 112 valence electrons. The Kier molecular flexibility index (Phi) is 5.21. The number of carbonyl (C=O) groups excluding carboxylic acids is 1. The van der Waals surface area contributed by atoms with Crippen LogP contribution in [0, 0.1) is 0 Å². The molecule has 22 heavy (non-hydrogen) atoms. The molecule has 0 fully saturated rings. The van der Waals surface area contributed by atoms with E-state index in [2.05, 4.69) is 15.8 Å². The molecule has 0 aliphatic heterocycles. The van der Waals surface area contributed by atoms with Gasteiger partial charge in [-0.25, -0.2) is 0 Å². The molecular weight excluding hydrogens is 306 g/mol. The van der Waals surface area contributed by atoms with Gasteiger partial charge in [0.15, 0.2) is 5.78 Å². The van der Waals surface area contributed by atoms with E-state index in [1.165, 1.54) is 6.07 Å². The fraction of sp³-hybridized carbons (Fsp3) is 0.0667. The predicted molar refractivity (Wildman–Crippen MR) is 81.5 cm³/mol. The lowest BCUT2D eigenvalue weighted by Gasteiger charge is -2.05. The Hall–Kier alpha value is -2.73. The predicted octanol–water partition coefficient (Wildman–Crippen LogP) is 3.24. The van der Waals surface area contributed by atoms with Crippen molar-refractivity contribution in [3.05, 3.63) is 64.7 Å². The molecule has 0 atom stereocenters. The van der Waals surface area contributed by atoms with Gasteiger partial charge in [-0.3, -0.25) is 15.0 Å². The van der Waals surface area contributed by atoms with Crippen LogP contribution in [-0.2, 0) is 4.79 Å². The highest BCUT2D eigenvalue weighted by molar-refractivity contribution is 6.31. The maximum Gasteiger partial charge on any atom is 0.324 e. The summed E-state index contributed by atoms with van der Waals surface area (Å²) in [5, 5.41) is 16.3. The Morgan fingerprint density at radius 2 is 1.86 bits per heavy atom. The topological polar surface area (TPSA) is 91.1 Å². The molecule has 0 saturated carbocycles. The molecule has 7 heteroatoms. The number of carbonyl (C=O) groups is 2. The van der Waals surface area contributed by atoms with Crippen LogP contribution in [0.2, 0.25) is 5.02 Å². The minimum Gasteiger partial charge on any atom is -0.480 e. The molecular formula is C15H12ClN3O3. The van der Waals surface area contributed by atoms with Crippen molar-refractivity contribution in [2.45, 2.75) is 0 Å². The summed E-state index contributed by atoms with van der Waals surface area (Å²) in [5.74, 6) is -1.30. The first kappa shape index (κ1) is 15.7. The van der Waals surface area contributed by atoms with Crippen LogP contribution in [0.1, 0.15) is 15.9 Å². The smallest absolute Gasteiger partial charge is 0.324 e. The summed E-state index contributed by atoms with van der Waals surface area (Å²) in [5.41, 5.74) is 3.36. The molecule has 0 saturated heterocycles. The van der Waals surface area contributed by atoms with Crippen molar-refractivity contribution >= 4 is 29.0 Å². The van der Waals surface area contributed by atoms with Crippen LogP contribution in [-0.4, -0.2) is 23.4 Å². The Bertz CT molecular complexity index is 717. The fourth-order valence-electron chi connectivity index (χ4n) is 1.71. The van der Waals surface area contributed by atoms with E-state index < -0.39 is 5.97 Å². The maximum atomic E-state index is 12.5. The van der Waals surface area contributed by atoms with E-state index in [4.69, 9.17) is 16.7 Å². The van der Waals surface area contributed by atoms with Crippen LogP contribution in [0.15, 0.2) is 58.9 Å². The Morgan fingerprint density at radius 1 is 1.14 bits per heavy atom. The highest BCUT2D eigenvalue weighted by Crippen LogP contribution is 2.26. The Labute approximate surface area is 131 Å². The number of nitrogens with one attached hydrogen (secondary N) is 1. The summed E-state index contributed by atoms with van der Waals surface area (Å²) in [6.07, 6.45) is 0. The summed E-state index contributed by atoms with van der Waals surface area (Å²) >= 11 is 5.93. The van der Waals surface area contributed by atoms with E-state index in [1.54, 1.807) is 36.4 Å². The highest BCUT2D eigenvalue weighted by Gasteiger charge is 2.14. The van der Waals surface area contributed by atoms with Crippen molar-refractivity contribution in [2.75, 3.05) is 6.54 Å². The van der Waals surface area contributed by atoms with Gasteiger partial charge in [-0.1, -0.05) is 47.2 Å². The van der Waals surface area contributed by atoms with E-state index in [1.807, 2.05) is 6.07 Å². The summed E-state index contributed by atoms with van der Waals surface area (Å²) < 4.78 is 0. The van der Waals surface area contributed by atoms with Crippen molar-refractivity contribution in [1.29, 1.82) is 0 Å². The van der Waals surface area contributed by atoms with E-state index >= 15 is 0 Å². The van der Waals surface area contributed by atoms with Gasteiger partial charge in [0, 0.05) is 10.6 Å². The van der Waals surface area contributed by atoms with Gasteiger partial charge < -0.3 is 5.11 Å². The number of carboxylic acids is 1. The molecule has 0 bridgehead atoms. The zero-order valence-corrected chi connectivity index (χ0v) is 12.1. The van der Waals surface area contributed by atoms with Crippen LogP contribution in [0.5, 0.6) is 0 Å².